The summed E-state index contributed by atoms with van der Waals surface area (Å²) in [5.41, 5.74) is 0.982. The Labute approximate surface area is 137 Å². The molecule has 1 heterocycles. The highest BCUT2D eigenvalue weighted by Gasteiger charge is 2.27. The van der Waals surface area contributed by atoms with Crippen LogP contribution in [0.1, 0.15) is 43.1 Å². The van der Waals surface area contributed by atoms with Gasteiger partial charge in [0.2, 0.25) is 5.91 Å². The van der Waals surface area contributed by atoms with Crippen LogP contribution in [0, 0.1) is 16.7 Å². The molecular formula is C18H23N3O2. The molecule has 1 aromatic rings. The Bertz CT molecular complexity index is 632. The van der Waals surface area contributed by atoms with E-state index >= 15 is 0 Å². The number of carbonyl (C=O) groups is 2. The topological polar surface area (TPSA) is 64.4 Å². The summed E-state index contributed by atoms with van der Waals surface area (Å²) >= 11 is 0. The number of nitriles is 1. The van der Waals surface area contributed by atoms with Gasteiger partial charge in [-0.15, -0.1) is 0 Å². The second kappa shape index (κ2) is 6.82. The summed E-state index contributed by atoms with van der Waals surface area (Å²) in [6.07, 6.45) is 0.519. The van der Waals surface area contributed by atoms with Crippen LogP contribution in [0.4, 0.5) is 0 Å². The molecule has 0 bridgehead atoms. The lowest BCUT2D eigenvalue weighted by Gasteiger charge is -2.36. The number of piperazine rings is 1. The molecule has 1 aliphatic rings. The summed E-state index contributed by atoms with van der Waals surface area (Å²) in [6.45, 7) is 8.35. The van der Waals surface area contributed by atoms with Gasteiger partial charge in [0.25, 0.3) is 5.91 Å². The number of carbonyl (C=O) groups excluding carboxylic acids is 2. The number of benzene rings is 1. The van der Waals surface area contributed by atoms with Gasteiger partial charge in [0, 0.05) is 38.2 Å². The molecule has 2 amide bonds. The first kappa shape index (κ1) is 17.0. The molecule has 23 heavy (non-hydrogen) atoms. The molecule has 5 heteroatoms. The molecule has 0 unspecified atom stereocenters. The van der Waals surface area contributed by atoms with Crippen LogP contribution in [0.2, 0.25) is 0 Å². The van der Waals surface area contributed by atoms with Crippen LogP contribution in [0.15, 0.2) is 24.3 Å². The molecule has 1 aliphatic heterocycles. The first-order valence-electron chi connectivity index (χ1n) is 7.87. The molecule has 1 saturated heterocycles. The van der Waals surface area contributed by atoms with Crippen LogP contribution in [0.5, 0.6) is 0 Å². The van der Waals surface area contributed by atoms with Gasteiger partial charge >= 0.3 is 0 Å². The monoisotopic (exact) mass is 313 g/mol. The number of hydrogen-bond acceptors (Lipinski definition) is 3. The van der Waals surface area contributed by atoms with E-state index in [-0.39, 0.29) is 17.2 Å². The van der Waals surface area contributed by atoms with E-state index in [1.54, 1.807) is 29.2 Å². The lowest BCUT2D eigenvalue weighted by molar-refractivity contribution is -0.134. The number of amides is 2. The average molecular weight is 313 g/mol. The Hall–Kier alpha value is -2.35. The maximum absolute atomic E-state index is 12.5. The summed E-state index contributed by atoms with van der Waals surface area (Å²) in [5.74, 6) is 0.0705. The minimum Gasteiger partial charge on any atom is -0.339 e. The Morgan fingerprint density at radius 3 is 2.30 bits per heavy atom. The minimum atomic E-state index is -0.0787. The van der Waals surface area contributed by atoms with E-state index in [4.69, 9.17) is 5.26 Å². The Morgan fingerprint density at radius 2 is 1.74 bits per heavy atom. The van der Waals surface area contributed by atoms with Crippen molar-refractivity contribution in [3.05, 3.63) is 35.4 Å². The zero-order chi connectivity index (χ0) is 17.0. The van der Waals surface area contributed by atoms with Gasteiger partial charge in [-0.25, -0.2) is 0 Å². The number of hydrogen-bond donors (Lipinski definition) is 0. The second-order valence-electron chi connectivity index (χ2n) is 7.10. The molecule has 0 aromatic heterocycles. The second-order valence-corrected chi connectivity index (χ2v) is 7.10. The van der Waals surface area contributed by atoms with Crippen LogP contribution in [-0.2, 0) is 4.79 Å². The third-order valence-electron chi connectivity index (χ3n) is 3.84. The van der Waals surface area contributed by atoms with Crippen molar-refractivity contribution in [1.29, 1.82) is 5.26 Å². The van der Waals surface area contributed by atoms with Crippen LogP contribution >= 0.6 is 0 Å². The zero-order valence-electron chi connectivity index (χ0n) is 14.0. The largest absolute Gasteiger partial charge is 0.339 e. The summed E-state index contributed by atoms with van der Waals surface area (Å²) in [7, 11) is 0. The fourth-order valence-corrected chi connectivity index (χ4v) is 2.63. The number of rotatable bonds is 2. The molecular weight excluding hydrogens is 290 g/mol. The molecule has 122 valence electrons. The van der Waals surface area contributed by atoms with Gasteiger partial charge in [0.05, 0.1) is 11.6 Å². The molecule has 1 fully saturated rings. The molecule has 0 saturated carbocycles. The van der Waals surface area contributed by atoms with E-state index < -0.39 is 0 Å². The molecule has 0 aliphatic carbocycles. The van der Waals surface area contributed by atoms with E-state index in [1.165, 1.54) is 0 Å². The average Bonchev–Trinajstić information content (AvgIpc) is 2.53. The fraction of sp³-hybridized carbons (Fsp3) is 0.500. The van der Waals surface area contributed by atoms with E-state index in [0.29, 0.717) is 43.7 Å². The van der Waals surface area contributed by atoms with E-state index in [2.05, 4.69) is 0 Å². The lowest BCUT2D eigenvalue weighted by Crippen LogP contribution is -2.51. The first-order chi connectivity index (χ1) is 10.8. The highest BCUT2D eigenvalue weighted by Crippen LogP contribution is 2.20. The molecule has 5 nitrogen and oxygen atoms in total. The van der Waals surface area contributed by atoms with Crippen LogP contribution in [0.3, 0.4) is 0 Å². The third-order valence-corrected chi connectivity index (χ3v) is 3.84. The van der Waals surface area contributed by atoms with Gasteiger partial charge in [-0.2, -0.15) is 5.26 Å². The maximum atomic E-state index is 12.5. The van der Waals surface area contributed by atoms with Crippen molar-refractivity contribution in [2.75, 3.05) is 26.2 Å². The Morgan fingerprint density at radius 1 is 1.13 bits per heavy atom. The van der Waals surface area contributed by atoms with Crippen molar-refractivity contribution in [3.63, 3.8) is 0 Å². The predicted molar refractivity (Wildman–Crippen MR) is 87.7 cm³/mol. The zero-order valence-corrected chi connectivity index (χ0v) is 14.0. The SMILES string of the molecule is CC(C)(C)CC(=O)N1CCN(C(=O)c2cccc(C#N)c2)CC1. The standard InChI is InChI=1S/C18H23N3O2/c1-18(2,3)12-16(22)20-7-9-21(10-8-20)17(23)15-6-4-5-14(11-15)13-19/h4-6,11H,7-10,12H2,1-3H3. The molecule has 0 N–H and O–H groups in total. The van der Waals surface area contributed by atoms with Gasteiger partial charge in [0.15, 0.2) is 0 Å². The van der Waals surface area contributed by atoms with E-state index in [9.17, 15) is 9.59 Å². The van der Waals surface area contributed by atoms with Crippen LogP contribution in [-0.4, -0.2) is 47.8 Å². The van der Waals surface area contributed by atoms with Crippen molar-refractivity contribution in [3.8, 4) is 6.07 Å². The maximum Gasteiger partial charge on any atom is 0.254 e. The Kier molecular flexibility index (Phi) is 5.05. The van der Waals surface area contributed by atoms with Gasteiger partial charge in [-0.1, -0.05) is 26.8 Å². The molecule has 1 aromatic carbocycles. The van der Waals surface area contributed by atoms with E-state index in [1.807, 2.05) is 31.7 Å². The molecule has 2 rings (SSSR count). The van der Waals surface area contributed by atoms with Gasteiger partial charge < -0.3 is 9.80 Å². The fourth-order valence-electron chi connectivity index (χ4n) is 2.63. The third kappa shape index (κ3) is 4.56. The van der Waals surface area contributed by atoms with E-state index in [0.717, 1.165) is 0 Å². The van der Waals surface area contributed by atoms with Crippen molar-refractivity contribution in [2.45, 2.75) is 27.2 Å². The summed E-state index contributed by atoms with van der Waals surface area (Å²) in [5, 5.41) is 8.92. The predicted octanol–water partition coefficient (Wildman–Crippen LogP) is 2.28. The van der Waals surface area contributed by atoms with Crippen molar-refractivity contribution >= 4 is 11.8 Å². The lowest BCUT2D eigenvalue weighted by atomic mass is 9.91. The molecule has 0 radical (unpaired) electrons. The minimum absolute atomic E-state index is 0.0260. The van der Waals surface area contributed by atoms with Crippen LogP contribution in [0.25, 0.3) is 0 Å². The quantitative estimate of drug-likeness (QED) is 0.841. The smallest absolute Gasteiger partial charge is 0.254 e. The Balaban J connectivity index is 1.95. The van der Waals surface area contributed by atoms with Crippen molar-refractivity contribution in [1.82, 2.24) is 9.80 Å². The normalized spacial score (nSPS) is 15.2. The summed E-state index contributed by atoms with van der Waals surface area (Å²) < 4.78 is 0. The summed E-state index contributed by atoms with van der Waals surface area (Å²) in [6, 6.07) is 8.78. The van der Waals surface area contributed by atoms with Gasteiger partial charge in [-0.3, -0.25) is 9.59 Å². The molecule has 0 spiro atoms. The van der Waals surface area contributed by atoms with Crippen LogP contribution < -0.4 is 0 Å². The van der Waals surface area contributed by atoms with Crippen molar-refractivity contribution in [2.24, 2.45) is 5.41 Å². The highest BCUT2D eigenvalue weighted by atomic mass is 16.2. The van der Waals surface area contributed by atoms with Crippen molar-refractivity contribution < 1.29 is 9.59 Å². The number of nitrogens with zero attached hydrogens (tertiary/aromatic N) is 3. The highest BCUT2D eigenvalue weighted by molar-refractivity contribution is 5.94. The first-order valence-corrected chi connectivity index (χ1v) is 7.87. The van der Waals surface area contributed by atoms with Gasteiger partial charge in [0.1, 0.15) is 0 Å². The summed E-state index contributed by atoms with van der Waals surface area (Å²) in [4.78, 5) is 28.3. The van der Waals surface area contributed by atoms with Gasteiger partial charge in [-0.05, 0) is 23.6 Å². The molecule has 0 atom stereocenters.